The Morgan fingerprint density at radius 2 is 1.88 bits per heavy atom. The van der Waals surface area contributed by atoms with Gasteiger partial charge in [0.1, 0.15) is 11.3 Å². The molecule has 0 bridgehead atoms. The highest BCUT2D eigenvalue weighted by Gasteiger charge is 2.16. The van der Waals surface area contributed by atoms with Gasteiger partial charge in [0.15, 0.2) is 11.5 Å². The molecule has 32 heavy (non-hydrogen) atoms. The van der Waals surface area contributed by atoms with Crippen molar-refractivity contribution in [3.63, 3.8) is 0 Å². The van der Waals surface area contributed by atoms with E-state index in [1.54, 1.807) is 12.1 Å². The van der Waals surface area contributed by atoms with E-state index in [4.69, 9.17) is 19.9 Å². The molecule has 0 aliphatic rings. The van der Waals surface area contributed by atoms with Crippen LogP contribution in [0.1, 0.15) is 28.8 Å². The molecule has 0 radical (unpaired) electrons. The average Bonchev–Trinajstić information content (AvgIpc) is 2.76. The van der Waals surface area contributed by atoms with Gasteiger partial charge in [0, 0.05) is 11.8 Å². The molecule has 3 N–H and O–H groups in total. The molecule has 11 heteroatoms. The number of nitrogens with two attached hydrogens (primary N) is 1. The topological polar surface area (TPSA) is 160 Å². The van der Waals surface area contributed by atoms with Gasteiger partial charge in [-0.15, -0.1) is 10.1 Å². The normalized spacial score (nSPS) is 10.5. The Bertz CT molecular complexity index is 1000. The molecule has 0 saturated heterocycles. The van der Waals surface area contributed by atoms with Crippen molar-refractivity contribution in [2.24, 2.45) is 0 Å². The standard InChI is InChI=1S/C21H22N2O9/c1-29-19-12-14(5-9-20(25)30-10-2-3-11-31-23(27)28)4-8-18(19)32-21(26)16-13-15(22)6-7-17(16)24/h4-9,12-13,24H,2-3,10-11,22H2,1H3. The van der Waals surface area contributed by atoms with Crippen molar-refractivity contribution in [1.82, 2.24) is 0 Å². The molecule has 0 unspecified atom stereocenters. The molecule has 0 atom stereocenters. The number of aromatic hydroxyl groups is 1. The van der Waals surface area contributed by atoms with Gasteiger partial charge in [0.2, 0.25) is 0 Å². The Morgan fingerprint density at radius 1 is 1.12 bits per heavy atom. The SMILES string of the molecule is COc1cc(C=CC(=O)OCCCCO[N+](=O)[O-])ccc1OC(=O)c1cc(N)ccc1O. The van der Waals surface area contributed by atoms with Crippen LogP contribution in [0.4, 0.5) is 5.69 Å². The number of rotatable bonds is 11. The van der Waals surface area contributed by atoms with Crippen molar-refractivity contribution >= 4 is 23.7 Å². The third-order valence-corrected chi connectivity index (χ3v) is 4.02. The number of phenolic OH excluding ortho intramolecular Hbond substituents is 1. The molecular weight excluding hydrogens is 424 g/mol. The monoisotopic (exact) mass is 446 g/mol. The summed E-state index contributed by atoms with van der Waals surface area (Å²) in [5, 5.41) is 19.0. The maximum absolute atomic E-state index is 12.3. The number of anilines is 1. The zero-order chi connectivity index (χ0) is 23.5. The van der Waals surface area contributed by atoms with Crippen LogP contribution in [0.3, 0.4) is 0 Å². The van der Waals surface area contributed by atoms with E-state index in [2.05, 4.69) is 4.84 Å². The van der Waals surface area contributed by atoms with E-state index in [-0.39, 0.29) is 36.0 Å². The van der Waals surface area contributed by atoms with Crippen LogP contribution in [0.25, 0.3) is 6.08 Å². The van der Waals surface area contributed by atoms with Gasteiger partial charge < -0.3 is 29.9 Å². The second kappa shape index (κ2) is 11.8. The lowest BCUT2D eigenvalue weighted by atomic mass is 10.1. The van der Waals surface area contributed by atoms with Crippen molar-refractivity contribution in [2.45, 2.75) is 12.8 Å². The van der Waals surface area contributed by atoms with E-state index in [1.807, 2.05) is 0 Å². The number of nitrogen functional groups attached to an aromatic ring is 1. The van der Waals surface area contributed by atoms with Crippen LogP contribution in [-0.2, 0) is 14.4 Å². The molecule has 0 aromatic heterocycles. The molecule has 0 aliphatic carbocycles. The minimum atomic E-state index is -0.878. The third kappa shape index (κ3) is 7.52. The van der Waals surface area contributed by atoms with Crippen LogP contribution >= 0.6 is 0 Å². The number of carbonyl (C=O) groups excluding carboxylic acids is 2. The summed E-state index contributed by atoms with van der Waals surface area (Å²) >= 11 is 0. The van der Waals surface area contributed by atoms with E-state index >= 15 is 0 Å². The first kappa shape index (κ1) is 24.0. The van der Waals surface area contributed by atoms with E-state index in [0.29, 0.717) is 24.1 Å². The Hall–Kier alpha value is -4.28. The zero-order valence-corrected chi connectivity index (χ0v) is 17.2. The molecule has 0 spiro atoms. The summed E-state index contributed by atoms with van der Waals surface area (Å²) in [6.07, 6.45) is 3.49. The summed E-state index contributed by atoms with van der Waals surface area (Å²) < 4.78 is 15.5. The molecule has 2 aromatic carbocycles. The lowest BCUT2D eigenvalue weighted by Gasteiger charge is -2.11. The van der Waals surface area contributed by atoms with Gasteiger partial charge in [-0.25, -0.2) is 9.59 Å². The molecule has 0 amide bonds. The lowest BCUT2D eigenvalue weighted by Crippen LogP contribution is -2.10. The highest BCUT2D eigenvalue weighted by atomic mass is 16.9. The molecule has 11 nitrogen and oxygen atoms in total. The minimum Gasteiger partial charge on any atom is -0.507 e. The summed E-state index contributed by atoms with van der Waals surface area (Å²) in [6.45, 7) is 0.0354. The van der Waals surface area contributed by atoms with Crippen molar-refractivity contribution in [3.05, 3.63) is 63.7 Å². The highest BCUT2D eigenvalue weighted by Crippen LogP contribution is 2.30. The van der Waals surface area contributed by atoms with Crippen LogP contribution in [0.15, 0.2) is 42.5 Å². The van der Waals surface area contributed by atoms with Crippen LogP contribution in [0, 0.1) is 10.1 Å². The Labute approximate surface area is 183 Å². The van der Waals surface area contributed by atoms with Gasteiger partial charge in [-0.2, -0.15) is 0 Å². The van der Waals surface area contributed by atoms with E-state index < -0.39 is 17.0 Å². The number of hydrogen-bond donors (Lipinski definition) is 2. The molecule has 2 rings (SSSR count). The molecular formula is C21H22N2O9. The first-order valence-electron chi connectivity index (χ1n) is 9.41. The van der Waals surface area contributed by atoms with E-state index in [9.17, 15) is 24.8 Å². The summed E-state index contributed by atoms with van der Waals surface area (Å²) in [4.78, 5) is 38.3. The van der Waals surface area contributed by atoms with Gasteiger partial charge in [-0.05, 0) is 54.8 Å². The van der Waals surface area contributed by atoms with E-state index in [1.165, 1.54) is 43.5 Å². The third-order valence-electron chi connectivity index (χ3n) is 4.02. The van der Waals surface area contributed by atoms with Crippen LogP contribution in [0.2, 0.25) is 0 Å². The van der Waals surface area contributed by atoms with Gasteiger partial charge in [-0.3, -0.25) is 0 Å². The summed E-state index contributed by atoms with van der Waals surface area (Å²) in [5.74, 6) is -1.35. The number of phenols is 1. The van der Waals surface area contributed by atoms with Crippen molar-refractivity contribution in [3.8, 4) is 17.2 Å². The average molecular weight is 446 g/mol. The summed E-state index contributed by atoms with van der Waals surface area (Å²) in [7, 11) is 1.38. The van der Waals surface area contributed by atoms with Crippen LogP contribution < -0.4 is 15.2 Å². The minimum absolute atomic E-state index is 0.0611. The first-order valence-corrected chi connectivity index (χ1v) is 9.41. The van der Waals surface area contributed by atoms with Gasteiger partial charge >= 0.3 is 11.9 Å². The smallest absolute Gasteiger partial charge is 0.347 e. The largest absolute Gasteiger partial charge is 0.507 e. The van der Waals surface area contributed by atoms with Gasteiger partial charge in [0.05, 0.1) is 20.3 Å². The second-order valence-electron chi connectivity index (χ2n) is 6.34. The maximum Gasteiger partial charge on any atom is 0.347 e. The van der Waals surface area contributed by atoms with Gasteiger partial charge in [0.25, 0.3) is 5.09 Å². The zero-order valence-electron chi connectivity index (χ0n) is 17.2. The van der Waals surface area contributed by atoms with Crippen LogP contribution in [0.5, 0.6) is 17.2 Å². The lowest BCUT2D eigenvalue weighted by molar-refractivity contribution is -0.757. The predicted molar refractivity (Wildman–Crippen MR) is 113 cm³/mol. The quantitative estimate of drug-likeness (QED) is 0.0767. The van der Waals surface area contributed by atoms with E-state index in [0.717, 1.165) is 0 Å². The first-order chi connectivity index (χ1) is 15.3. The fourth-order valence-corrected chi connectivity index (χ4v) is 2.47. The maximum atomic E-state index is 12.3. The second-order valence-corrected chi connectivity index (χ2v) is 6.34. The molecule has 2 aromatic rings. The number of unbranched alkanes of at least 4 members (excludes halogenated alkanes) is 1. The number of methoxy groups -OCH3 is 1. The van der Waals surface area contributed by atoms with Crippen molar-refractivity contribution < 1.29 is 38.8 Å². The number of esters is 2. The fourth-order valence-electron chi connectivity index (χ4n) is 2.47. The molecule has 0 saturated carbocycles. The summed E-state index contributed by atoms with van der Waals surface area (Å²) in [5.41, 5.74) is 6.41. The molecule has 0 heterocycles. The predicted octanol–water partition coefficient (Wildman–Crippen LogP) is 2.75. The Morgan fingerprint density at radius 3 is 2.59 bits per heavy atom. The number of nitrogens with zero attached hydrogens (tertiary/aromatic N) is 1. The Kier molecular flexibility index (Phi) is 8.84. The van der Waals surface area contributed by atoms with Crippen molar-refractivity contribution in [2.75, 3.05) is 26.1 Å². The Balaban J connectivity index is 1.93. The number of ether oxygens (including phenoxy) is 3. The highest BCUT2D eigenvalue weighted by molar-refractivity contribution is 5.95. The molecule has 0 aliphatic heterocycles. The number of hydrogen-bond acceptors (Lipinski definition) is 10. The summed E-state index contributed by atoms with van der Waals surface area (Å²) in [6, 6.07) is 8.63. The van der Waals surface area contributed by atoms with Gasteiger partial charge in [-0.1, -0.05) is 6.07 Å². The molecule has 0 fully saturated rings. The van der Waals surface area contributed by atoms with Crippen molar-refractivity contribution in [1.29, 1.82) is 0 Å². The molecule has 170 valence electrons. The van der Waals surface area contributed by atoms with Crippen LogP contribution in [-0.4, -0.2) is 42.5 Å². The number of carbonyl (C=O) groups is 2. The fraction of sp³-hybridized carbons (Fsp3) is 0.238. The number of benzene rings is 2.